The predicted molar refractivity (Wildman–Crippen MR) is 86.8 cm³/mol. The van der Waals surface area contributed by atoms with Gasteiger partial charge >= 0.3 is 7.60 Å². The second-order valence-electron chi connectivity index (χ2n) is 5.44. The van der Waals surface area contributed by atoms with E-state index < -0.39 is 13.4 Å². The molecule has 0 aliphatic rings. The van der Waals surface area contributed by atoms with Gasteiger partial charge in [0.1, 0.15) is 0 Å². The topological polar surface area (TPSA) is 55.8 Å². The molecule has 1 heterocycles. The first kappa shape index (κ1) is 16.7. The summed E-state index contributed by atoms with van der Waals surface area (Å²) >= 11 is 1.62. The Morgan fingerprint density at radius 3 is 2.29 bits per heavy atom. The van der Waals surface area contributed by atoms with E-state index in [1.54, 1.807) is 45.1 Å². The quantitative estimate of drug-likeness (QED) is 0.764. The van der Waals surface area contributed by atoms with Crippen LogP contribution in [0.5, 0.6) is 0 Å². The molecule has 21 heavy (non-hydrogen) atoms. The van der Waals surface area contributed by atoms with Crippen molar-refractivity contribution in [1.82, 2.24) is 0 Å². The van der Waals surface area contributed by atoms with Crippen molar-refractivity contribution < 1.29 is 18.7 Å². The SMILES string of the molecule is CC(C)OP(=O)(OC(C)C)[C@@H](O)c1ccc2sccc2c1. The Balaban J connectivity index is 2.36. The van der Waals surface area contributed by atoms with Gasteiger partial charge in [-0.3, -0.25) is 4.57 Å². The van der Waals surface area contributed by atoms with Crippen LogP contribution in [0, 0.1) is 0 Å². The highest BCUT2D eigenvalue weighted by Crippen LogP contribution is 2.61. The zero-order chi connectivity index (χ0) is 15.6. The van der Waals surface area contributed by atoms with E-state index in [9.17, 15) is 9.67 Å². The summed E-state index contributed by atoms with van der Waals surface area (Å²) in [6.07, 6.45) is -0.594. The van der Waals surface area contributed by atoms with Crippen LogP contribution in [0.25, 0.3) is 10.1 Å². The number of aliphatic hydroxyl groups is 1. The molecule has 0 radical (unpaired) electrons. The van der Waals surface area contributed by atoms with E-state index in [1.165, 1.54) is 0 Å². The Bertz CT molecular complexity index is 636. The van der Waals surface area contributed by atoms with Crippen LogP contribution in [0.1, 0.15) is 39.1 Å². The van der Waals surface area contributed by atoms with Crippen molar-refractivity contribution in [3.63, 3.8) is 0 Å². The first-order chi connectivity index (χ1) is 9.82. The molecule has 1 aromatic heterocycles. The minimum absolute atomic E-state index is 0.297. The Kier molecular flexibility index (Phi) is 5.23. The van der Waals surface area contributed by atoms with E-state index in [4.69, 9.17) is 9.05 Å². The fraction of sp³-hybridized carbons (Fsp3) is 0.467. The molecule has 6 heteroatoms. The molecule has 0 saturated carbocycles. The van der Waals surface area contributed by atoms with Crippen molar-refractivity contribution in [3.8, 4) is 0 Å². The van der Waals surface area contributed by atoms with Crippen LogP contribution < -0.4 is 0 Å². The molecule has 1 N–H and O–H groups in total. The minimum atomic E-state index is -3.64. The third-order valence-corrected chi connectivity index (χ3v) is 6.02. The zero-order valence-corrected chi connectivity index (χ0v) is 14.4. The van der Waals surface area contributed by atoms with Crippen molar-refractivity contribution in [1.29, 1.82) is 0 Å². The highest BCUT2D eigenvalue weighted by molar-refractivity contribution is 7.54. The second kappa shape index (κ2) is 6.59. The smallest absolute Gasteiger partial charge is 0.363 e. The molecule has 1 aromatic carbocycles. The van der Waals surface area contributed by atoms with Crippen LogP contribution in [0.4, 0.5) is 0 Å². The maximum atomic E-state index is 12.9. The monoisotopic (exact) mass is 328 g/mol. The van der Waals surface area contributed by atoms with Gasteiger partial charge in [-0.15, -0.1) is 11.3 Å². The molecule has 4 nitrogen and oxygen atoms in total. The summed E-state index contributed by atoms with van der Waals surface area (Å²) in [7, 11) is -3.64. The third-order valence-electron chi connectivity index (χ3n) is 2.79. The van der Waals surface area contributed by atoms with Crippen LogP contribution in [0.3, 0.4) is 0 Å². The maximum Gasteiger partial charge on any atom is 0.363 e. The molecule has 0 unspecified atom stereocenters. The van der Waals surface area contributed by atoms with Gasteiger partial charge in [-0.05, 0) is 62.2 Å². The van der Waals surface area contributed by atoms with Gasteiger partial charge in [0.05, 0.1) is 12.2 Å². The van der Waals surface area contributed by atoms with Gasteiger partial charge in [-0.25, -0.2) is 0 Å². The van der Waals surface area contributed by atoms with E-state index in [0.717, 1.165) is 10.1 Å². The molecule has 0 bridgehead atoms. The average Bonchev–Trinajstić information content (AvgIpc) is 2.82. The summed E-state index contributed by atoms with van der Waals surface area (Å²) in [4.78, 5) is 0. The fourth-order valence-corrected chi connectivity index (χ4v) is 4.81. The molecule has 0 spiro atoms. The Labute approximate surface area is 129 Å². The van der Waals surface area contributed by atoms with Crippen molar-refractivity contribution in [2.75, 3.05) is 0 Å². The largest absolute Gasteiger partial charge is 0.376 e. The van der Waals surface area contributed by atoms with Gasteiger partial charge in [-0.1, -0.05) is 6.07 Å². The van der Waals surface area contributed by atoms with E-state index in [1.807, 2.05) is 23.6 Å². The molecule has 0 saturated heterocycles. The lowest BCUT2D eigenvalue weighted by Gasteiger charge is -2.27. The summed E-state index contributed by atoms with van der Waals surface area (Å²) in [5.41, 5.74) is 0.547. The van der Waals surface area contributed by atoms with Crippen molar-refractivity contribution >= 4 is 29.0 Å². The summed E-state index contributed by atoms with van der Waals surface area (Å²) in [6, 6.07) is 7.47. The summed E-state index contributed by atoms with van der Waals surface area (Å²) < 4.78 is 24.9. The molecule has 2 aromatic rings. The van der Waals surface area contributed by atoms with Crippen molar-refractivity contribution in [3.05, 3.63) is 35.2 Å². The maximum absolute atomic E-state index is 12.9. The number of hydrogen-bond donors (Lipinski definition) is 1. The van der Waals surface area contributed by atoms with Gasteiger partial charge in [0, 0.05) is 4.70 Å². The minimum Gasteiger partial charge on any atom is -0.376 e. The van der Waals surface area contributed by atoms with Gasteiger partial charge in [0.25, 0.3) is 0 Å². The molecule has 0 fully saturated rings. The third kappa shape index (κ3) is 3.93. The number of thiophene rings is 1. The van der Waals surface area contributed by atoms with Crippen LogP contribution in [0.15, 0.2) is 29.6 Å². The summed E-state index contributed by atoms with van der Waals surface area (Å²) in [5.74, 6) is -1.29. The molecule has 0 aliphatic heterocycles. The molecule has 2 rings (SSSR count). The first-order valence-electron chi connectivity index (χ1n) is 6.93. The van der Waals surface area contributed by atoms with Gasteiger partial charge in [0.2, 0.25) is 0 Å². The van der Waals surface area contributed by atoms with Gasteiger partial charge < -0.3 is 14.2 Å². The number of aliphatic hydroxyl groups excluding tert-OH is 1. The van der Waals surface area contributed by atoms with Crippen molar-refractivity contribution in [2.24, 2.45) is 0 Å². The van der Waals surface area contributed by atoms with Gasteiger partial charge in [0.15, 0.2) is 5.85 Å². The highest BCUT2D eigenvalue weighted by Gasteiger charge is 2.38. The van der Waals surface area contributed by atoms with Crippen molar-refractivity contribution in [2.45, 2.75) is 45.7 Å². The lowest BCUT2D eigenvalue weighted by atomic mass is 10.2. The average molecular weight is 328 g/mol. The van der Waals surface area contributed by atoms with E-state index in [-0.39, 0.29) is 12.2 Å². The van der Waals surface area contributed by atoms with E-state index >= 15 is 0 Å². The van der Waals surface area contributed by atoms with Crippen LogP contribution in [-0.4, -0.2) is 17.3 Å². The van der Waals surface area contributed by atoms with E-state index in [2.05, 4.69) is 0 Å². The molecule has 116 valence electrons. The highest BCUT2D eigenvalue weighted by atomic mass is 32.1. The Hall–Kier alpha value is -0.710. The Morgan fingerprint density at radius 1 is 1.10 bits per heavy atom. The Morgan fingerprint density at radius 2 is 1.71 bits per heavy atom. The van der Waals surface area contributed by atoms with Gasteiger partial charge in [-0.2, -0.15) is 0 Å². The molecule has 1 atom stereocenters. The number of rotatable bonds is 6. The van der Waals surface area contributed by atoms with Crippen LogP contribution in [0.2, 0.25) is 0 Å². The van der Waals surface area contributed by atoms with E-state index in [0.29, 0.717) is 5.56 Å². The molecular weight excluding hydrogens is 307 g/mol. The molecular formula is C15H21O4PS. The lowest BCUT2D eigenvalue weighted by Crippen LogP contribution is -2.13. The predicted octanol–water partition coefficient (Wildman–Crippen LogP) is 4.94. The normalized spacial score (nSPS) is 14.2. The number of fused-ring (bicyclic) bond motifs is 1. The summed E-state index contributed by atoms with van der Waals surface area (Å²) in [6.45, 7) is 7.08. The van der Waals surface area contributed by atoms with Crippen LogP contribution >= 0.6 is 18.9 Å². The first-order valence-corrected chi connectivity index (χ1v) is 9.42. The fourth-order valence-electron chi connectivity index (χ4n) is 2.06. The number of benzene rings is 1. The summed E-state index contributed by atoms with van der Waals surface area (Å²) in [5, 5.41) is 13.5. The van der Waals surface area contributed by atoms with Crippen LogP contribution in [-0.2, 0) is 13.6 Å². The standard InChI is InChI=1S/C15H21O4PS/c1-10(2)18-20(17,19-11(3)4)15(16)13-5-6-14-12(9-13)7-8-21-14/h5-11,15-16H,1-4H3/t15-/m1/s1. The zero-order valence-electron chi connectivity index (χ0n) is 12.6. The lowest BCUT2D eigenvalue weighted by molar-refractivity contribution is 0.101. The second-order valence-corrected chi connectivity index (χ2v) is 8.38. The number of hydrogen-bond acceptors (Lipinski definition) is 5. The molecule has 0 aliphatic carbocycles. The molecule has 0 amide bonds.